The number of nitrogens with one attached hydrogen (secondary N) is 2. The lowest BCUT2D eigenvalue weighted by atomic mass is 10.3. The zero-order valence-corrected chi connectivity index (χ0v) is 16.8. The summed E-state index contributed by atoms with van der Waals surface area (Å²) in [6.07, 6.45) is 0. The van der Waals surface area contributed by atoms with Crippen LogP contribution in [0.2, 0.25) is 0 Å². The number of carbonyl (C=O) groups excluding carboxylic acids is 2. The third-order valence-corrected chi connectivity index (χ3v) is 5.19. The van der Waals surface area contributed by atoms with Gasteiger partial charge in [-0.2, -0.15) is 4.72 Å². The van der Waals surface area contributed by atoms with Crippen LogP contribution in [0.1, 0.15) is 13.8 Å². The molecule has 0 aliphatic rings. The van der Waals surface area contributed by atoms with Crippen molar-refractivity contribution >= 4 is 27.5 Å². The molecule has 0 heterocycles. The SMILES string of the molecule is COCCN(CCOC)C(=O)[C@H](C)NS(=O)(=O)c1ccc(NC(C)=O)cc1. The topological polar surface area (TPSA) is 114 Å². The zero-order valence-electron chi connectivity index (χ0n) is 16.0. The van der Waals surface area contributed by atoms with Gasteiger partial charge in [-0.05, 0) is 31.2 Å². The summed E-state index contributed by atoms with van der Waals surface area (Å²) >= 11 is 0. The Morgan fingerprint density at radius 3 is 2.04 bits per heavy atom. The van der Waals surface area contributed by atoms with Crippen molar-refractivity contribution in [1.82, 2.24) is 9.62 Å². The number of hydrogen-bond acceptors (Lipinski definition) is 6. The number of anilines is 1. The maximum absolute atomic E-state index is 12.6. The van der Waals surface area contributed by atoms with Crippen LogP contribution in [-0.2, 0) is 29.1 Å². The molecule has 2 N–H and O–H groups in total. The van der Waals surface area contributed by atoms with Crippen LogP contribution in [0.25, 0.3) is 0 Å². The van der Waals surface area contributed by atoms with Crippen molar-refractivity contribution in [1.29, 1.82) is 0 Å². The van der Waals surface area contributed by atoms with Gasteiger partial charge in [-0.15, -0.1) is 0 Å². The molecule has 0 saturated heterocycles. The predicted octanol–water partition coefficient (Wildman–Crippen LogP) is 0.433. The van der Waals surface area contributed by atoms with Gasteiger partial charge in [0.1, 0.15) is 0 Å². The lowest BCUT2D eigenvalue weighted by molar-refractivity contribution is -0.133. The van der Waals surface area contributed by atoms with Gasteiger partial charge in [0.05, 0.1) is 24.2 Å². The van der Waals surface area contributed by atoms with Crippen LogP contribution in [0, 0.1) is 0 Å². The van der Waals surface area contributed by atoms with Crippen LogP contribution in [0.3, 0.4) is 0 Å². The van der Waals surface area contributed by atoms with Crippen molar-refractivity contribution in [2.24, 2.45) is 0 Å². The van der Waals surface area contributed by atoms with Crippen molar-refractivity contribution in [2.45, 2.75) is 24.8 Å². The van der Waals surface area contributed by atoms with E-state index in [1.807, 2.05) is 0 Å². The highest BCUT2D eigenvalue weighted by molar-refractivity contribution is 7.89. The Morgan fingerprint density at radius 1 is 1.07 bits per heavy atom. The minimum absolute atomic E-state index is 0.00316. The number of rotatable bonds is 11. The van der Waals surface area contributed by atoms with Gasteiger partial charge >= 0.3 is 0 Å². The number of sulfonamides is 1. The quantitative estimate of drug-likeness (QED) is 0.556. The van der Waals surface area contributed by atoms with E-state index in [0.29, 0.717) is 32.0 Å². The Bertz CT molecular complexity index is 713. The Labute approximate surface area is 160 Å². The molecule has 1 aromatic carbocycles. The van der Waals surface area contributed by atoms with Gasteiger partial charge in [-0.3, -0.25) is 9.59 Å². The number of hydrogen-bond donors (Lipinski definition) is 2. The fourth-order valence-electron chi connectivity index (χ4n) is 2.28. The van der Waals surface area contributed by atoms with Gasteiger partial charge in [0.2, 0.25) is 21.8 Å². The summed E-state index contributed by atoms with van der Waals surface area (Å²) in [7, 11) is -0.850. The summed E-state index contributed by atoms with van der Waals surface area (Å²) in [5.41, 5.74) is 0.482. The van der Waals surface area contributed by atoms with E-state index in [-0.39, 0.29) is 16.7 Å². The van der Waals surface area contributed by atoms with E-state index in [0.717, 1.165) is 0 Å². The average molecular weight is 401 g/mol. The van der Waals surface area contributed by atoms with Crippen molar-refractivity contribution in [3.05, 3.63) is 24.3 Å². The standard InChI is InChI=1S/C17H27N3O6S/c1-13(17(22)20(9-11-25-3)10-12-26-4)19-27(23,24)16-7-5-15(6-8-16)18-14(2)21/h5-8,13,19H,9-12H2,1-4H3,(H,18,21)/t13-/m0/s1. The first kappa shape index (κ1) is 23.0. The summed E-state index contributed by atoms with van der Waals surface area (Å²) in [5, 5.41) is 2.56. The monoisotopic (exact) mass is 401 g/mol. The summed E-state index contributed by atoms with van der Waals surface area (Å²) < 4.78 is 37.4. The second kappa shape index (κ2) is 11.0. The van der Waals surface area contributed by atoms with E-state index < -0.39 is 16.1 Å². The van der Waals surface area contributed by atoms with Gasteiger partial charge in [0, 0.05) is 39.9 Å². The molecule has 0 fully saturated rings. The normalized spacial score (nSPS) is 12.4. The van der Waals surface area contributed by atoms with Crippen LogP contribution < -0.4 is 10.0 Å². The number of carbonyl (C=O) groups is 2. The predicted molar refractivity (Wildman–Crippen MR) is 101 cm³/mol. The molecule has 0 saturated carbocycles. The molecule has 152 valence electrons. The molecule has 1 aromatic rings. The maximum Gasteiger partial charge on any atom is 0.241 e. The fourth-order valence-corrected chi connectivity index (χ4v) is 3.48. The van der Waals surface area contributed by atoms with Crippen molar-refractivity contribution < 1.29 is 27.5 Å². The van der Waals surface area contributed by atoms with Crippen LogP contribution in [0.5, 0.6) is 0 Å². The summed E-state index contributed by atoms with van der Waals surface area (Å²) in [5.74, 6) is -0.627. The summed E-state index contributed by atoms with van der Waals surface area (Å²) in [4.78, 5) is 25.1. The van der Waals surface area contributed by atoms with Gasteiger partial charge in [-0.25, -0.2) is 8.42 Å². The highest BCUT2D eigenvalue weighted by atomic mass is 32.2. The molecule has 9 nitrogen and oxygen atoms in total. The van der Waals surface area contributed by atoms with E-state index in [4.69, 9.17) is 9.47 Å². The van der Waals surface area contributed by atoms with Gasteiger partial charge < -0.3 is 19.7 Å². The van der Waals surface area contributed by atoms with E-state index in [9.17, 15) is 18.0 Å². The first-order chi connectivity index (χ1) is 12.7. The van der Waals surface area contributed by atoms with E-state index in [1.165, 1.54) is 57.2 Å². The maximum atomic E-state index is 12.6. The number of methoxy groups -OCH3 is 2. The Kier molecular flexibility index (Phi) is 9.36. The first-order valence-corrected chi connectivity index (χ1v) is 9.86. The lowest BCUT2D eigenvalue weighted by Gasteiger charge is -2.25. The van der Waals surface area contributed by atoms with E-state index in [2.05, 4.69) is 10.0 Å². The molecule has 0 aromatic heterocycles. The van der Waals surface area contributed by atoms with Gasteiger partial charge in [-0.1, -0.05) is 0 Å². The molecule has 0 unspecified atom stereocenters. The van der Waals surface area contributed by atoms with Crippen LogP contribution >= 0.6 is 0 Å². The smallest absolute Gasteiger partial charge is 0.241 e. The molecule has 27 heavy (non-hydrogen) atoms. The largest absolute Gasteiger partial charge is 0.383 e. The zero-order chi connectivity index (χ0) is 20.4. The number of nitrogens with zero attached hydrogens (tertiary/aromatic N) is 1. The summed E-state index contributed by atoms with van der Waals surface area (Å²) in [6, 6.07) is 4.72. The van der Waals surface area contributed by atoms with Crippen molar-refractivity contribution in [3.63, 3.8) is 0 Å². The lowest BCUT2D eigenvalue weighted by Crippen LogP contribution is -2.48. The molecule has 1 atom stereocenters. The third kappa shape index (κ3) is 7.63. The molecule has 1 rings (SSSR count). The highest BCUT2D eigenvalue weighted by Crippen LogP contribution is 2.14. The summed E-state index contributed by atoms with van der Waals surface area (Å²) in [6.45, 7) is 4.17. The molecule has 0 aliphatic heterocycles. The van der Waals surface area contributed by atoms with E-state index >= 15 is 0 Å². The number of benzene rings is 1. The molecule has 0 aliphatic carbocycles. The van der Waals surface area contributed by atoms with Crippen LogP contribution in [0.15, 0.2) is 29.2 Å². The molecule has 2 amide bonds. The van der Waals surface area contributed by atoms with Crippen molar-refractivity contribution in [2.75, 3.05) is 45.8 Å². The Morgan fingerprint density at radius 2 is 1.59 bits per heavy atom. The van der Waals surface area contributed by atoms with Crippen molar-refractivity contribution in [3.8, 4) is 0 Å². The Hall–Kier alpha value is -2.01. The molecule has 0 spiro atoms. The Balaban J connectivity index is 2.83. The van der Waals surface area contributed by atoms with Crippen LogP contribution in [-0.4, -0.2) is 71.7 Å². The van der Waals surface area contributed by atoms with Gasteiger partial charge in [0.15, 0.2) is 0 Å². The third-order valence-electron chi connectivity index (χ3n) is 3.63. The van der Waals surface area contributed by atoms with Gasteiger partial charge in [0.25, 0.3) is 0 Å². The molecule has 10 heteroatoms. The average Bonchev–Trinajstić information content (AvgIpc) is 2.61. The first-order valence-electron chi connectivity index (χ1n) is 8.38. The highest BCUT2D eigenvalue weighted by Gasteiger charge is 2.25. The minimum atomic E-state index is -3.90. The van der Waals surface area contributed by atoms with E-state index in [1.54, 1.807) is 0 Å². The number of ether oxygens (including phenoxy) is 2. The molecular formula is C17H27N3O6S. The second-order valence-electron chi connectivity index (χ2n) is 5.86. The fraction of sp³-hybridized carbons (Fsp3) is 0.529. The minimum Gasteiger partial charge on any atom is -0.383 e. The number of amides is 2. The second-order valence-corrected chi connectivity index (χ2v) is 7.57. The molecule has 0 bridgehead atoms. The molecule has 0 radical (unpaired) electrons. The molecular weight excluding hydrogens is 374 g/mol. The van der Waals surface area contributed by atoms with Crippen LogP contribution in [0.4, 0.5) is 5.69 Å².